The van der Waals surface area contributed by atoms with Crippen molar-refractivity contribution in [2.75, 3.05) is 12.0 Å². The Morgan fingerprint density at radius 1 is 1.36 bits per heavy atom. The lowest BCUT2D eigenvalue weighted by atomic mass is 10.1. The summed E-state index contributed by atoms with van der Waals surface area (Å²) in [4.78, 5) is 26.1. The molecule has 0 bridgehead atoms. The zero-order chi connectivity index (χ0) is 18.0. The van der Waals surface area contributed by atoms with Gasteiger partial charge >= 0.3 is 5.97 Å². The number of carbonyl (C=O) groups excluding carboxylic acids is 2. The average Bonchev–Trinajstić information content (AvgIpc) is 3.07. The predicted molar refractivity (Wildman–Crippen MR) is 89.1 cm³/mol. The number of para-hydroxylation sites is 2. The van der Waals surface area contributed by atoms with Gasteiger partial charge in [-0.25, -0.2) is 0 Å². The highest BCUT2D eigenvalue weighted by molar-refractivity contribution is 6.01. The molecule has 0 saturated carbocycles. The van der Waals surface area contributed by atoms with Crippen LogP contribution >= 0.6 is 0 Å². The number of carbonyl (C=O) groups is 2. The van der Waals surface area contributed by atoms with E-state index in [0.29, 0.717) is 17.3 Å². The standard InChI is InChI=1S/C17H20N4O4/c1-11(2)21-10-18-19-15(21)9-20-12-6-4-5-7-13(12)25-14(17(20)23)8-16(22)24-3/h4-7,10-11,14H,8-9H2,1-3H3. The van der Waals surface area contributed by atoms with E-state index in [4.69, 9.17) is 4.74 Å². The summed E-state index contributed by atoms with van der Waals surface area (Å²) in [5, 5.41) is 8.07. The Morgan fingerprint density at radius 3 is 2.84 bits per heavy atom. The first-order valence-corrected chi connectivity index (χ1v) is 8.03. The number of hydrogen-bond acceptors (Lipinski definition) is 6. The first-order chi connectivity index (χ1) is 12.0. The van der Waals surface area contributed by atoms with Crippen LogP contribution in [-0.4, -0.2) is 39.9 Å². The van der Waals surface area contributed by atoms with Crippen molar-refractivity contribution in [2.24, 2.45) is 0 Å². The molecule has 0 N–H and O–H groups in total. The number of fused-ring (bicyclic) bond motifs is 1. The van der Waals surface area contributed by atoms with E-state index in [0.717, 1.165) is 0 Å². The van der Waals surface area contributed by atoms with Gasteiger partial charge in [-0.15, -0.1) is 10.2 Å². The minimum atomic E-state index is -0.919. The highest BCUT2D eigenvalue weighted by Gasteiger charge is 2.36. The molecule has 132 valence electrons. The fourth-order valence-corrected chi connectivity index (χ4v) is 2.76. The third-order valence-corrected chi connectivity index (χ3v) is 4.05. The Bertz CT molecular complexity index is 786. The average molecular weight is 344 g/mol. The molecule has 1 aliphatic heterocycles. The third kappa shape index (κ3) is 3.33. The molecule has 1 aromatic carbocycles. The minimum absolute atomic E-state index is 0.142. The van der Waals surface area contributed by atoms with Crippen LogP contribution in [0.2, 0.25) is 0 Å². The van der Waals surface area contributed by atoms with Crippen LogP contribution in [0.1, 0.15) is 32.1 Å². The maximum Gasteiger partial charge on any atom is 0.309 e. The summed E-state index contributed by atoms with van der Waals surface area (Å²) >= 11 is 0. The van der Waals surface area contributed by atoms with Crippen molar-refractivity contribution in [3.63, 3.8) is 0 Å². The Labute approximate surface area is 145 Å². The van der Waals surface area contributed by atoms with Crippen molar-refractivity contribution < 1.29 is 19.1 Å². The number of esters is 1. The fraction of sp³-hybridized carbons (Fsp3) is 0.412. The monoisotopic (exact) mass is 344 g/mol. The number of hydrogen-bond donors (Lipinski definition) is 0. The Morgan fingerprint density at radius 2 is 2.12 bits per heavy atom. The van der Waals surface area contributed by atoms with E-state index < -0.39 is 12.1 Å². The highest BCUT2D eigenvalue weighted by atomic mass is 16.5. The molecule has 0 aliphatic carbocycles. The van der Waals surface area contributed by atoms with Crippen LogP contribution in [0.15, 0.2) is 30.6 Å². The molecule has 8 heteroatoms. The van der Waals surface area contributed by atoms with Crippen LogP contribution < -0.4 is 9.64 Å². The molecule has 25 heavy (non-hydrogen) atoms. The summed E-state index contributed by atoms with van der Waals surface area (Å²) < 4.78 is 12.3. The van der Waals surface area contributed by atoms with E-state index in [1.54, 1.807) is 23.4 Å². The summed E-state index contributed by atoms with van der Waals surface area (Å²) in [5.74, 6) is 0.411. The number of rotatable bonds is 5. The van der Waals surface area contributed by atoms with Gasteiger partial charge in [0.15, 0.2) is 11.9 Å². The molecule has 0 radical (unpaired) electrons. The van der Waals surface area contributed by atoms with Crippen LogP contribution in [-0.2, 0) is 20.9 Å². The second kappa shape index (κ2) is 6.92. The number of nitrogens with zero attached hydrogens (tertiary/aromatic N) is 4. The zero-order valence-electron chi connectivity index (χ0n) is 14.4. The molecule has 3 rings (SSSR count). The maximum absolute atomic E-state index is 12.9. The summed E-state index contributed by atoms with van der Waals surface area (Å²) in [7, 11) is 1.28. The summed E-state index contributed by atoms with van der Waals surface area (Å²) in [6.45, 7) is 4.28. The lowest BCUT2D eigenvalue weighted by Crippen LogP contribution is -2.47. The van der Waals surface area contributed by atoms with Crippen LogP contribution in [0.3, 0.4) is 0 Å². The number of aromatic nitrogens is 3. The Balaban J connectivity index is 1.93. The van der Waals surface area contributed by atoms with Gasteiger partial charge in [0.2, 0.25) is 0 Å². The first-order valence-electron chi connectivity index (χ1n) is 8.03. The number of anilines is 1. The van der Waals surface area contributed by atoms with Gasteiger partial charge in [-0.1, -0.05) is 12.1 Å². The maximum atomic E-state index is 12.9. The molecule has 1 amide bonds. The molecule has 1 aromatic heterocycles. The molecule has 1 unspecified atom stereocenters. The first kappa shape index (κ1) is 16.9. The number of benzene rings is 1. The molecular formula is C17H20N4O4. The SMILES string of the molecule is COC(=O)CC1Oc2ccccc2N(Cc2nncn2C(C)C)C1=O. The second-order valence-electron chi connectivity index (χ2n) is 6.03. The van der Waals surface area contributed by atoms with Gasteiger partial charge in [-0.2, -0.15) is 0 Å². The van der Waals surface area contributed by atoms with Crippen LogP contribution in [0.25, 0.3) is 0 Å². The topological polar surface area (TPSA) is 86.6 Å². The summed E-state index contributed by atoms with van der Waals surface area (Å²) in [6, 6.07) is 7.39. The highest BCUT2D eigenvalue weighted by Crippen LogP contribution is 2.35. The lowest BCUT2D eigenvalue weighted by molar-refractivity contribution is -0.145. The van der Waals surface area contributed by atoms with Gasteiger partial charge in [0.25, 0.3) is 5.91 Å². The molecule has 2 aromatic rings. The molecule has 1 atom stereocenters. The third-order valence-electron chi connectivity index (χ3n) is 4.05. The van der Waals surface area contributed by atoms with E-state index in [-0.39, 0.29) is 24.9 Å². The molecule has 2 heterocycles. The largest absolute Gasteiger partial charge is 0.478 e. The van der Waals surface area contributed by atoms with Crippen LogP contribution in [0.4, 0.5) is 5.69 Å². The predicted octanol–water partition coefficient (Wildman–Crippen LogP) is 1.72. The zero-order valence-corrected chi connectivity index (χ0v) is 14.4. The molecule has 0 saturated heterocycles. The second-order valence-corrected chi connectivity index (χ2v) is 6.03. The quantitative estimate of drug-likeness (QED) is 0.768. The number of amides is 1. The van der Waals surface area contributed by atoms with E-state index in [9.17, 15) is 9.59 Å². The summed E-state index contributed by atoms with van der Waals surface area (Å²) in [5.41, 5.74) is 0.645. The lowest BCUT2D eigenvalue weighted by Gasteiger charge is -2.33. The smallest absolute Gasteiger partial charge is 0.309 e. The number of methoxy groups -OCH3 is 1. The van der Waals surface area contributed by atoms with Gasteiger partial charge in [-0.3, -0.25) is 14.5 Å². The molecule has 0 spiro atoms. The van der Waals surface area contributed by atoms with Crippen molar-refractivity contribution in [1.29, 1.82) is 0 Å². The van der Waals surface area contributed by atoms with E-state index in [1.165, 1.54) is 7.11 Å². The Kier molecular flexibility index (Phi) is 4.69. The van der Waals surface area contributed by atoms with Gasteiger partial charge in [0.1, 0.15) is 12.1 Å². The van der Waals surface area contributed by atoms with Gasteiger partial charge in [0, 0.05) is 6.04 Å². The van der Waals surface area contributed by atoms with Crippen molar-refractivity contribution in [3.05, 3.63) is 36.4 Å². The van der Waals surface area contributed by atoms with Gasteiger partial charge < -0.3 is 14.0 Å². The van der Waals surface area contributed by atoms with Crippen LogP contribution in [0, 0.1) is 0 Å². The van der Waals surface area contributed by atoms with Crippen molar-refractivity contribution in [2.45, 2.75) is 39.0 Å². The minimum Gasteiger partial charge on any atom is -0.478 e. The van der Waals surface area contributed by atoms with E-state index >= 15 is 0 Å². The molecule has 8 nitrogen and oxygen atoms in total. The van der Waals surface area contributed by atoms with E-state index in [1.807, 2.05) is 30.5 Å². The van der Waals surface area contributed by atoms with Crippen molar-refractivity contribution in [1.82, 2.24) is 14.8 Å². The van der Waals surface area contributed by atoms with E-state index in [2.05, 4.69) is 14.9 Å². The molecule has 0 fully saturated rings. The Hall–Kier alpha value is -2.90. The number of ether oxygens (including phenoxy) is 2. The normalized spacial score (nSPS) is 16.6. The fourth-order valence-electron chi connectivity index (χ4n) is 2.76. The molecular weight excluding hydrogens is 324 g/mol. The van der Waals surface area contributed by atoms with Gasteiger partial charge in [-0.05, 0) is 26.0 Å². The van der Waals surface area contributed by atoms with Crippen molar-refractivity contribution >= 4 is 17.6 Å². The van der Waals surface area contributed by atoms with Crippen molar-refractivity contribution in [3.8, 4) is 5.75 Å². The molecule has 1 aliphatic rings. The van der Waals surface area contributed by atoms with Crippen LogP contribution in [0.5, 0.6) is 5.75 Å². The summed E-state index contributed by atoms with van der Waals surface area (Å²) in [6.07, 6.45) is 0.581. The van der Waals surface area contributed by atoms with Gasteiger partial charge in [0.05, 0.1) is 25.8 Å².